The van der Waals surface area contributed by atoms with Gasteiger partial charge in [-0.05, 0) is 17.7 Å². The fourth-order valence-electron chi connectivity index (χ4n) is 1.04. The van der Waals surface area contributed by atoms with E-state index in [4.69, 9.17) is 33.0 Å². The van der Waals surface area contributed by atoms with Crippen molar-refractivity contribution >= 4 is 23.2 Å². The summed E-state index contributed by atoms with van der Waals surface area (Å²) in [4.78, 5) is 0. The predicted octanol–water partition coefficient (Wildman–Crippen LogP) is 2.38. The Balaban J connectivity index is 2.29. The van der Waals surface area contributed by atoms with Crippen LogP contribution in [-0.2, 0) is 4.74 Å². The van der Waals surface area contributed by atoms with Crippen molar-refractivity contribution < 1.29 is 9.84 Å². The van der Waals surface area contributed by atoms with Crippen LogP contribution in [0.3, 0.4) is 0 Å². The molecule has 4 heteroatoms. The molecule has 1 aromatic carbocycles. The monoisotopic (exact) mass is 204 g/mol. The first-order valence-electron chi connectivity index (χ1n) is 3.47. The van der Waals surface area contributed by atoms with Crippen molar-refractivity contribution in [1.82, 2.24) is 0 Å². The Hall–Kier alpha value is -0.280. The molecule has 0 aromatic heterocycles. The SMILES string of the molecule is OC1OC1c1ccc(Cl)c(Cl)c1. The largest absolute Gasteiger partial charge is 0.366 e. The van der Waals surface area contributed by atoms with Gasteiger partial charge in [0.05, 0.1) is 10.0 Å². The van der Waals surface area contributed by atoms with E-state index < -0.39 is 6.29 Å². The van der Waals surface area contributed by atoms with Crippen LogP contribution in [-0.4, -0.2) is 11.4 Å². The van der Waals surface area contributed by atoms with E-state index in [0.29, 0.717) is 10.0 Å². The summed E-state index contributed by atoms with van der Waals surface area (Å²) < 4.78 is 4.85. The van der Waals surface area contributed by atoms with E-state index in [9.17, 15) is 0 Å². The molecular formula is C8H6Cl2O2. The molecule has 2 unspecified atom stereocenters. The van der Waals surface area contributed by atoms with Crippen LogP contribution in [0.5, 0.6) is 0 Å². The van der Waals surface area contributed by atoms with E-state index in [0.717, 1.165) is 5.56 Å². The second kappa shape index (κ2) is 2.89. The van der Waals surface area contributed by atoms with Crippen molar-refractivity contribution in [3.63, 3.8) is 0 Å². The third kappa shape index (κ3) is 1.43. The Morgan fingerprint density at radius 3 is 2.42 bits per heavy atom. The number of rotatable bonds is 1. The molecule has 2 rings (SSSR count). The summed E-state index contributed by atoms with van der Waals surface area (Å²) in [5.74, 6) is 0. The number of aliphatic hydroxyl groups excluding tert-OH is 1. The molecule has 2 nitrogen and oxygen atoms in total. The third-order valence-electron chi connectivity index (χ3n) is 1.74. The standard InChI is InChI=1S/C8H6Cl2O2/c9-5-2-1-4(3-6(5)10)7-8(11)12-7/h1-3,7-8,11H. The second-order valence-electron chi connectivity index (χ2n) is 2.62. The first kappa shape index (κ1) is 8.32. The number of halogens is 2. The number of hydrogen-bond acceptors (Lipinski definition) is 2. The summed E-state index contributed by atoms with van der Waals surface area (Å²) in [6.45, 7) is 0. The van der Waals surface area contributed by atoms with Gasteiger partial charge in [-0.25, -0.2) is 0 Å². The van der Waals surface area contributed by atoms with Crippen molar-refractivity contribution in [2.24, 2.45) is 0 Å². The Kier molecular flexibility index (Phi) is 2.00. The highest BCUT2D eigenvalue weighted by molar-refractivity contribution is 6.42. The summed E-state index contributed by atoms with van der Waals surface area (Å²) in [6.07, 6.45) is -0.901. The van der Waals surface area contributed by atoms with Gasteiger partial charge in [0.2, 0.25) is 0 Å². The summed E-state index contributed by atoms with van der Waals surface area (Å²) in [7, 11) is 0. The minimum atomic E-state index is -0.678. The molecule has 1 fully saturated rings. The molecule has 1 aliphatic heterocycles. The van der Waals surface area contributed by atoms with Gasteiger partial charge < -0.3 is 9.84 Å². The van der Waals surface area contributed by atoms with E-state index in [-0.39, 0.29) is 6.10 Å². The molecule has 0 radical (unpaired) electrons. The highest BCUT2D eigenvalue weighted by Crippen LogP contribution is 2.38. The van der Waals surface area contributed by atoms with E-state index in [2.05, 4.69) is 0 Å². The Bertz CT molecular complexity index is 314. The van der Waals surface area contributed by atoms with Gasteiger partial charge in [-0.15, -0.1) is 0 Å². The quantitative estimate of drug-likeness (QED) is 0.714. The Morgan fingerprint density at radius 2 is 1.92 bits per heavy atom. The average molecular weight is 205 g/mol. The normalized spacial score (nSPS) is 27.2. The number of benzene rings is 1. The van der Waals surface area contributed by atoms with Crippen molar-refractivity contribution in [2.75, 3.05) is 0 Å². The van der Waals surface area contributed by atoms with E-state index in [1.807, 2.05) is 0 Å². The molecule has 1 heterocycles. The summed E-state index contributed by atoms with van der Waals surface area (Å²) in [5, 5.41) is 9.93. The first-order valence-corrected chi connectivity index (χ1v) is 4.22. The van der Waals surface area contributed by atoms with E-state index in [1.54, 1.807) is 18.2 Å². The lowest BCUT2D eigenvalue weighted by Gasteiger charge is -1.97. The molecule has 1 saturated heterocycles. The molecule has 12 heavy (non-hydrogen) atoms. The van der Waals surface area contributed by atoms with Crippen molar-refractivity contribution in [3.8, 4) is 0 Å². The van der Waals surface area contributed by atoms with Crippen LogP contribution < -0.4 is 0 Å². The fraction of sp³-hybridized carbons (Fsp3) is 0.250. The van der Waals surface area contributed by atoms with Gasteiger partial charge in [-0.1, -0.05) is 29.3 Å². The lowest BCUT2D eigenvalue weighted by atomic mass is 10.1. The highest BCUT2D eigenvalue weighted by atomic mass is 35.5. The number of epoxide rings is 1. The zero-order valence-electron chi connectivity index (χ0n) is 6.00. The van der Waals surface area contributed by atoms with Crippen LogP contribution in [0, 0.1) is 0 Å². The fourth-order valence-corrected chi connectivity index (χ4v) is 1.34. The highest BCUT2D eigenvalue weighted by Gasteiger charge is 2.38. The molecule has 1 N–H and O–H groups in total. The van der Waals surface area contributed by atoms with Crippen LogP contribution in [0.4, 0.5) is 0 Å². The Labute approximate surface area is 79.7 Å². The Morgan fingerprint density at radius 1 is 1.25 bits per heavy atom. The smallest absolute Gasteiger partial charge is 0.186 e. The van der Waals surface area contributed by atoms with Gasteiger partial charge in [0.15, 0.2) is 6.29 Å². The maximum Gasteiger partial charge on any atom is 0.186 e. The molecule has 0 amide bonds. The summed E-state index contributed by atoms with van der Waals surface area (Å²) >= 11 is 11.5. The van der Waals surface area contributed by atoms with E-state index >= 15 is 0 Å². The minimum absolute atomic E-state index is 0.222. The van der Waals surface area contributed by atoms with Crippen LogP contribution in [0.1, 0.15) is 11.7 Å². The van der Waals surface area contributed by atoms with Gasteiger partial charge in [-0.3, -0.25) is 0 Å². The van der Waals surface area contributed by atoms with Gasteiger partial charge in [-0.2, -0.15) is 0 Å². The molecule has 1 aromatic rings. The zero-order chi connectivity index (χ0) is 8.72. The summed E-state index contributed by atoms with van der Waals surface area (Å²) in [5.41, 5.74) is 0.858. The molecule has 2 atom stereocenters. The van der Waals surface area contributed by atoms with Crippen LogP contribution in [0.15, 0.2) is 18.2 Å². The minimum Gasteiger partial charge on any atom is -0.366 e. The van der Waals surface area contributed by atoms with Crippen LogP contribution in [0.2, 0.25) is 10.0 Å². The van der Waals surface area contributed by atoms with Crippen molar-refractivity contribution in [2.45, 2.75) is 12.4 Å². The molecule has 0 bridgehead atoms. The lowest BCUT2D eigenvalue weighted by Crippen LogP contribution is -1.85. The molecule has 64 valence electrons. The molecule has 0 saturated carbocycles. The van der Waals surface area contributed by atoms with Gasteiger partial charge >= 0.3 is 0 Å². The maximum absolute atomic E-state index is 8.94. The van der Waals surface area contributed by atoms with Crippen LogP contribution >= 0.6 is 23.2 Å². The van der Waals surface area contributed by atoms with Crippen molar-refractivity contribution in [1.29, 1.82) is 0 Å². The molecule has 1 aliphatic rings. The maximum atomic E-state index is 8.94. The van der Waals surface area contributed by atoms with Gasteiger partial charge in [0, 0.05) is 0 Å². The van der Waals surface area contributed by atoms with E-state index in [1.165, 1.54) is 0 Å². The molecule has 0 aliphatic carbocycles. The van der Waals surface area contributed by atoms with Crippen LogP contribution in [0.25, 0.3) is 0 Å². The predicted molar refractivity (Wildman–Crippen MR) is 46.3 cm³/mol. The third-order valence-corrected chi connectivity index (χ3v) is 2.48. The topological polar surface area (TPSA) is 32.8 Å². The first-order chi connectivity index (χ1) is 5.68. The number of hydrogen-bond donors (Lipinski definition) is 1. The molecular weight excluding hydrogens is 199 g/mol. The van der Waals surface area contributed by atoms with Crippen molar-refractivity contribution in [3.05, 3.63) is 33.8 Å². The molecule has 0 spiro atoms. The second-order valence-corrected chi connectivity index (χ2v) is 3.44. The number of ether oxygens (including phenoxy) is 1. The van der Waals surface area contributed by atoms with Gasteiger partial charge in [0.1, 0.15) is 6.10 Å². The summed E-state index contributed by atoms with van der Waals surface area (Å²) in [6, 6.07) is 5.17. The average Bonchev–Trinajstić information content (AvgIpc) is 2.73. The number of aliphatic hydroxyl groups is 1. The lowest BCUT2D eigenvalue weighted by molar-refractivity contribution is 0.156. The van der Waals surface area contributed by atoms with Gasteiger partial charge in [0.25, 0.3) is 0 Å². The zero-order valence-corrected chi connectivity index (χ0v) is 7.51.